The minimum atomic E-state index is 0.199. The molecule has 166 valence electrons. The first kappa shape index (κ1) is 20.3. The Balaban J connectivity index is 1.29. The molecule has 0 spiro atoms. The van der Waals surface area contributed by atoms with Crippen molar-refractivity contribution in [1.82, 2.24) is 35.2 Å². The molecular formula is C21H24N8O3. The molecule has 11 heteroatoms. The van der Waals surface area contributed by atoms with Crippen molar-refractivity contribution in [3.05, 3.63) is 46.8 Å². The fraction of sp³-hybridized carbons (Fsp3) is 0.381. The number of hydrogen-bond acceptors (Lipinski definition) is 10. The molecule has 0 saturated carbocycles. The fourth-order valence-electron chi connectivity index (χ4n) is 3.75. The third-order valence-electron chi connectivity index (χ3n) is 5.52. The van der Waals surface area contributed by atoms with Crippen molar-refractivity contribution in [3.63, 3.8) is 0 Å². The molecule has 1 aliphatic rings. The van der Waals surface area contributed by atoms with Crippen LogP contribution in [0.3, 0.4) is 0 Å². The number of morpholine rings is 1. The zero-order valence-corrected chi connectivity index (χ0v) is 18.0. The van der Waals surface area contributed by atoms with Crippen LogP contribution in [0.1, 0.15) is 22.6 Å². The van der Waals surface area contributed by atoms with Crippen LogP contribution in [-0.4, -0.2) is 61.5 Å². The Hall–Kier alpha value is -3.57. The number of nitrogens with zero attached hydrogens (tertiary/aromatic N) is 7. The lowest BCUT2D eigenvalue weighted by Crippen LogP contribution is -2.35. The van der Waals surface area contributed by atoms with Gasteiger partial charge in [0.2, 0.25) is 5.82 Å². The first-order valence-electron chi connectivity index (χ1n) is 10.4. The maximum Gasteiger partial charge on any atom is 0.282 e. The van der Waals surface area contributed by atoms with Gasteiger partial charge in [0.05, 0.1) is 31.0 Å². The van der Waals surface area contributed by atoms with E-state index in [0.29, 0.717) is 40.9 Å². The summed E-state index contributed by atoms with van der Waals surface area (Å²) in [6.07, 6.45) is 0. The van der Waals surface area contributed by atoms with Gasteiger partial charge in [0.25, 0.3) is 5.89 Å². The highest BCUT2D eigenvalue weighted by Crippen LogP contribution is 2.28. The number of anilines is 1. The molecule has 5 rings (SSSR count). The van der Waals surface area contributed by atoms with Gasteiger partial charge in [-0.15, -0.1) is 5.10 Å². The van der Waals surface area contributed by atoms with Gasteiger partial charge in [-0.05, 0) is 25.0 Å². The topological polar surface area (TPSA) is 134 Å². The number of nitrogens with two attached hydrogens (primary N) is 1. The third-order valence-corrected chi connectivity index (χ3v) is 5.52. The van der Waals surface area contributed by atoms with Gasteiger partial charge in [-0.1, -0.05) is 39.8 Å². The quantitative estimate of drug-likeness (QED) is 0.478. The molecule has 0 amide bonds. The van der Waals surface area contributed by atoms with E-state index in [2.05, 4.69) is 54.8 Å². The maximum absolute atomic E-state index is 6.29. The van der Waals surface area contributed by atoms with Crippen molar-refractivity contribution in [1.29, 1.82) is 0 Å². The van der Waals surface area contributed by atoms with Crippen molar-refractivity contribution in [3.8, 4) is 23.0 Å². The van der Waals surface area contributed by atoms with E-state index >= 15 is 0 Å². The predicted molar refractivity (Wildman–Crippen MR) is 114 cm³/mol. The molecule has 0 radical (unpaired) electrons. The number of hydrogen-bond donors (Lipinski definition) is 1. The van der Waals surface area contributed by atoms with Crippen LogP contribution in [0.2, 0.25) is 0 Å². The van der Waals surface area contributed by atoms with Crippen molar-refractivity contribution >= 4 is 5.82 Å². The van der Waals surface area contributed by atoms with E-state index < -0.39 is 0 Å². The summed E-state index contributed by atoms with van der Waals surface area (Å²) in [5.41, 5.74) is 10.3. The molecule has 2 N–H and O–H groups in total. The summed E-state index contributed by atoms with van der Waals surface area (Å²) in [7, 11) is 0. The van der Waals surface area contributed by atoms with Crippen LogP contribution >= 0.6 is 0 Å². The molecule has 11 nitrogen and oxygen atoms in total. The van der Waals surface area contributed by atoms with Crippen LogP contribution in [0, 0.1) is 13.8 Å². The van der Waals surface area contributed by atoms with Gasteiger partial charge < -0.3 is 19.5 Å². The maximum atomic E-state index is 6.29. The first-order chi connectivity index (χ1) is 15.6. The summed E-state index contributed by atoms with van der Waals surface area (Å²) < 4.78 is 17.6. The summed E-state index contributed by atoms with van der Waals surface area (Å²) in [6.45, 7) is 8.55. The number of aryl methyl sites for hydroxylation is 2. The van der Waals surface area contributed by atoms with Crippen LogP contribution in [0.5, 0.6) is 0 Å². The van der Waals surface area contributed by atoms with Crippen LogP contribution in [0.4, 0.5) is 5.82 Å². The van der Waals surface area contributed by atoms with Gasteiger partial charge in [-0.2, -0.15) is 4.98 Å². The molecule has 1 aliphatic heterocycles. The van der Waals surface area contributed by atoms with Gasteiger partial charge in [-0.25, -0.2) is 4.68 Å². The molecule has 32 heavy (non-hydrogen) atoms. The Kier molecular flexibility index (Phi) is 5.41. The summed E-state index contributed by atoms with van der Waals surface area (Å²) >= 11 is 0. The third kappa shape index (κ3) is 3.99. The molecular weight excluding hydrogens is 412 g/mol. The average molecular weight is 436 g/mol. The summed E-state index contributed by atoms with van der Waals surface area (Å²) in [5.74, 6) is 1.55. The molecule has 1 saturated heterocycles. The molecule has 3 aromatic heterocycles. The fourth-order valence-corrected chi connectivity index (χ4v) is 3.75. The lowest BCUT2D eigenvalue weighted by molar-refractivity contribution is 0.0342. The van der Waals surface area contributed by atoms with Crippen molar-refractivity contribution in [2.75, 3.05) is 32.0 Å². The highest BCUT2D eigenvalue weighted by Gasteiger charge is 2.22. The average Bonchev–Trinajstić information content (AvgIpc) is 3.50. The normalized spacial score (nSPS) is 14.8. The van der Waals surface area contributed by atoms with E-state index in [1.54, 1.807) is 11.6 Å². The number of nitrogen functional groups attached to an aromatic ring is 1. The second-order valence-corrected chi connectivity index (χ2v) is 7.81. The predicted octanol–water partition coefficient (Wildman–Crippen LogP) is 2.06. The zero-order valence-electron chi connectivity index (χ0n) is 18.0. The zero-order chi connectivity index (χ0) is 22.1. The molecule has 0 unspecified atom stereocenters. The standard InChI is InChI=1S/C21H24N8O3/c1-13-17(14(2)31-25-13)20-23-21(32-26-20)18-19(22)29(27-24-18)12-16-5-3-15(4-6-16)11-28-7-9-30-10-8-28/h3-6H,7-12,22H2,1-2H3. The van der Waals surface area contributed by atoms with Gasteiger partial charge in [0.1, 0.15) is 5.76 Å². The number of ether oxygens (including phenoxy) is 1. The van der Waals surface area contributed by atoms with E-state index in [-0.39, 0.29) is 5.89 Å². The van der Waals surface area contributed by atoms with Gasteiger partial charge in [-0.3, -0.25) is 4.90 Å². The van der Waals surface area contributed by atoms with Crippen LogP contribution in [0.15, 0.2) is 33.3 Å². The SMILES string of the molecule is Cc1noc(C)c1-c1noc(-c2nnn(Cc3ccc(CN4CCOCC4)cc3)c2N)n1. The van der Waals surface area contributed by atoms with E-state index in [0.717, 1.165) is 38.4 Å². The summed E-state index contributed by atoms with van der Waals surface area (Å²) in [5, 5.41) is 16.3. The van der Waals surface area contributed by atoms with Gasteiger partial charge >= 0.3 is 0 Å². The summed E-state index contributed by atoms with van der Waals surface area (Å²) in [6, 6.07) is 8.43. The minimum absolute atomic E-state index is 0.199. The number of benzene rings is 1. The monoisotopic (exact) mass is 436 g/mol. The Bertz CT molecular complexity index is 1180. The lowest BCUT2D eigenvalue weighted by atomic mass is 10.1. The smallest absolute Gasteiger partial charge is 0.282 e. The minimum Gasteiger partial charge on any atom is -0.382 e. The molecule has 4 aromatic rings. The van der Waals surface area contributed by atoms with Crippen molar-refractivity contribution in [2.45, 2.75) is 26.9 Å². The molecule has 1 fully saturated rings. The second kappa shape index (κ2) is 8.52. The Morgan fingerprint density at radius 1 is 0.969 bits per heavy atom. The Morgan fingerprint density at radius 2 is 1.69 bits per heavy atom. The summed E-state index contributed by atoms with van der Waals surface area (Å²) in [4.78, 5) is 6.80. The Morgan fingerprint density at radius 3 is 2.38 bits per heavy atom. The first-order valence-corrected chi connectivity index (χ1v) is 10.4. The highest BCUT2D eigenvalue weighted by molar-refractivity contribution is 5.66. The number of rotatable bonds is 6. The lowest BCUT2D eigenvalue weighted by Gasteiger charge is -2.26. The molecule has 4 heterocycles. The van der Waals surface area contributed by atoms with Gasteiger partial charge in [0, 0.05) is 19.6 Å². The highest BCUT2D eigenvalue weighted by atomic mass is 16.5. The van der Waals surface area contributed by atoms with Crippen molar-refractivity contribution < 1.29 is 13.8 Å². The molecule has 0 bridgehead atoms. The van der Waals surface area contributed by atoms with Crippen LogP contribution in [0.25, 0.3) is 23.0 Å². The van der Waals surface area contributed by atoms with Crippen LogP contribution < -0.4 is 5.73 Å². The van der Waals surface area contributed by atoms with E-state index in [4.69, 9.17) is 19.5 Å². The van der Waals surface area contributed by atoms with E-state index in [1.165, 1.54) is 5.56 Å². The van der Waals surface area contributed by atoms with E-state index in [9.17, 15) is 0 Å². The van der Waals surface area contributed by atoms with Gasteiger partial charge in [0.15, 0.2) is 11.5 Å². The molecule has 0 aliphatic carbocycles. The Labute approximate surface area is 184 Å². The largest absolute Gasteiger partial charge is 0.382 e. The molecule has 0 atom stereocenters. The van der Waals surface area contributed by atoms with E-state index in [1.807, 2.05) is 6.92 Å². The molecule has 1 aromatic carbocycles. The second-order valence-electron chi connectivity index (χ2n) is 7.81. The van der Waals surface area contributed by atoms with Crippen LogP contribution in [-0.2, 0) is 17.8 Å². The number of aromatic nitrogens is 6. The van der Waals surface area contributed by atoms with Crippen molar-refractivity contribution in [2.24, 2.45) is 0 Å².